The molecule has 2 saturated carbocycles. The Labute approximate surface area is 196 Å². The summed E-state index contributed by atoms with van der Waals surface area (Å²) in [5, 5.41) is 0. The van der Waals surface area contributed by atoms with E-state index in [0.717, 1.165) is 29.7 Å². The van der Waals surface area contributed by atoms with E-state index in [-0.39, 0.29) is 0 Å². The normalized spacial score (nSPS) is 25.9. The molecule has 0 radical (unpaired) electrons. The number of hydrogen-bond donors (Lipinski definition) is 0. The van der Waals surface area contributed by atoms with Crippen molar-refractivity contribution in [1.82, 2.24) is 0 Å². The first-order valence-electron chi connectivity index (χ1n) is 13.1. The average molecular weight is 425 g/mol. The molecule has 2 fully saturated rings. The minimum atomic E-state index is 0.691. The first-order valence-corrected chi connectivity index (χ1v) is 13.1. The van der Waals surface area contributed by atoms with Crippen molar-refractivity contribution in [2.75, 3.05) is 0 Å². The highest BCUT2D eigenvalue weighted by Crippen LogP contribution is 2.37. The Morgan fingerprint density at radius 3 is 1.84 bits per heavy atom. The molecule has 0 bridgehead atoms. The third kappa shape index (κ3) is 6.16. The second-order valence-electron chi connectivity index (χ2n) is 10.1. The average Bonchev–Trinajstić information content (AvgIpc) is 2.87. The molecule has 32 heavy (non-hydrogen) atoms. The van der Waals surface area contributed by atoms with E-state index in [1.807, 2.05) is 0 Å². The van der Waals surface area contributed by atoms with Crippen LogP contribution in [0, 0.1) is 23.7 Å². The highest BCUT2D eigenvalue weighted by molar-refractivity contribution is 5.39. The fourth-order valence-corrected chi connectivity index (χ4v) is 5.72. The lowest BCUT2D eigenvalue weighted by Crippen LogP contribution is -2.12. The molecule has 4 rings (SSSR count). The highest BCUT2D eigenvalue weighted by atomic mass is 14.3. The van der Waals surface area contributed by atoms with Crippen LogP contribution in [0.4, 0.5) is 0 Å². The van der Waals surface area contributed by atoms with Crippen LogP contribution in [0.2, 0.25) is 0 Å². The largest absolute Gasteiger partial charge is 0.0730 e. The summed E-state index contributed by atoms with van der Waals surface area (Å²) in [5.74, 6) is 9.79. The van der Waals surface area contributed by atoms with E-state index in [4.69, 9.17) is 0 Å². The van der Waals surface area contributed by atoms with Crippen molar-refractivity contribution in [1.29, 1.82) is 0 Å². The van der Waals surface area contributed by atoms with E-state index < -0.39 is 0 Å². The van der Waals surface area contributed by atoms with Crippen LogP contribution in [-0.2, 0) is 6.42 Å². The van der Waals surface area contributed by atoms with Gasteiger partial charge in [-0.1, -0.05) is 74.6 Å². The topological polar surface area (TPSA) is 0 Å². The van der Waals surface area contributed by atoms with E-state index in [1.165, 1.54) is 74.5 Å². The zero-order chi connectivity index (χ0) is 22.2. The Bertz CT molecular complexity index is 903. The molecular formula is C32H40. The molecule has 0 aliphatic heterocycles. The van der Waals surface area contributed by atoms with Gasteiger partial charge in [-0.3, -0.25) is 0 Å². The Hall–Kier alpha value is -2.26. The summed E-state index contributed by atoms with van der Waals surface area (Å²) in [6, 6.07) is 18.4. The molecule has 0 unspecified atom stereocenters. The van der Waals surface area contributed by atoms with Gasteiger partial charge in [0.2, 0.25) is 0 Å². The van der Waals surface area contributed by atoms with Gasteiger partial charge in [-0.2, -0.15) is 0 Å². The SMILES string of the molecule is CCc1ccc(C2CCC(C=CC#Cc3ccc(C4CCC(CC)CC4)cc3)CC2)cc1. The highest BCUT2D eigenvalue weighted by Gasteiger charge is 2.21. The van der Waals surface area contributed by atoms with Crippen molar-refractivity contribution in [3.05, 3.63) is 82.9 Å². The molecule has 0 N–H and O–H groups in total. The second kappa shape index (κ2) is 11.6. The Balaban J connectivity index is 1.23. The van der Waals surface area contributed by atoms with Gasteiger partial charge in [0.1, 0.15) is 0 Å². The number of rotatable bonds is 5. The van der Waals surface area contributed by atoms with E-state index in [2.05, 4.69) is 86.4 Å². The summed E-state index contributed by atoms with van der Waals surface area (Å²) in [4.78, 5) is 0. The molecule has 2 aliphatic rings. The van der Waals surface area contributed by atoms with Crippen molar-refractivity contribution in [2.45, 2.75) is 89.9 Å². The number of benzene rings is 2. The maximum atomic E-state index is 3.34. The fraction of sp³-hybridized carbons (Fsp3) is 0.500. The predicted molar refractivity (Wildman–Crippen MR) is 138 cm³/mol. The summed E-state index contributed by atoms with van der Waals surface area (Å²) < 4.78 is 0. The van der Waals surface area contributed by atoms with Crippen LogP contribution in [0.5, 0.6) is 0 Å². The van der Waals surface area contributed by atoms with Gasteiger partial charge in [-0.25, -0.2) is 0 Å². The minimum absolute atomic E-state index is 0.691. The lowest BCUT2D eigenvalue weighted by molar-refractivity contribution is 0.319. The molecule has 0 aromatic heterocycles. The molecule has 0 heterocycles. The van der Waals surface area contributed by atoms with Crippen molar-refractivity contribution >= 4 is 0 Å². The summed E-state index contributed by atoms with van der Waals surface area (Å²) in [6.45, 7) is 4.56. The van der Waals surface area contributed by atoms with E-state index in [1.54, 1.807) is 0 Å². The molecule has 2 aliphatic carbocycles. The number of aryl methyl sites for hydroxylation is 1. The van der Waals surface area contributed by atoms with Gasteiger partial charge in [-0.15, -0.1) is 0 Å². The third-order valence-electron chi connectivity index (χ3n) is 8.11. The molecular weight excluding hydrogens is 384 g/mol. The molecule has 0 spiro atoms. The standard InChI is InChI=1S/C32H40/c1-3-25-9-17-29(18-10-25)31-21-13-27(14-22-31)7-5-6-8-28-15-23-32(24-16-28)30-19-11-26(4-2)12-20-30/h5,7,9-10,15-18,23-24,26-27,30-31H,3-4,11-14,19-22H2,1-2H3. The summed E-state index contributed by atoms with van der Waals surface area (Å²) in [7, 11) is 0. The van der Waals surface area contributed by atoms with Crippen LogP contribution < -0.4 is 0 Å². The Morgan fingerprint density at radius 1 is 0.719 bits per heavy atom. The van der Waals surface area contributed by atoms with Gasteiger partial charge in [0.25, 0.3) is 0 Å². The molecule has 2 aromatic rings. The molecule has 0 atom stereocenters. The van der Waals surface area contributed by atoms with Gasteiger partial charge >= 0.3 is 0 Å². The van der Waals surface area contributed by atoms with Crippen molar-refractivity contribution in [3.63, 3.8) is 0 Å². The summed E-state index contributed by atoms with van der Waals surface area (Å²) in [5.41, 5.74) is 5.63. The monoisotopic (exact) mass is 424 g/mol. The van der Waals surface area contributed by atoms with Crippen LogP contribution in [0.3, 0.4) is 0 Å². The van der Waals surface area contributed by atoms with Gasteiger partial charge in [-0.05, 0) is 116 Å². The van der Waals surface area contributed by atoms with Crippen LogP contribution >= 0.6 is 0 Å². The van der Waals surface area contributed by atoms with E-state index >= 15 is 0 Å². The molecule has 2 aromatic carbocycles. The zero-order valence-corrected chi connectivity index (χ0v) is 20.2. The van der Waals surface area contributed by atoms with Gasteiger partial charge < -0.3 is 0 Å². The van der Waals surface area contributed by atoms with Crippen LogP contribution in [-0.4, -0.2) is 0 Å². The van der Waals surface area contributed by atoms with Crippen molar-refractivity contribution < 1.29 is 0 Å². The lowest BCUT2D eigenvalue weighted by Gasteiger charge is -2.28. The molecule has 168 valence electrons. The van der Waals surface area contributed by atoms with Gasteiger partial charge in [0.05, 0.1) is 0 Å². The number of hydrogen-bond acceptors (Lipinski definition) is 0. The van der Waals surface area contributed by atoms with Gasteiger partial charge in [0, 0.05) is 5.56 Å². The quantitative estimate of drug-likeness (QED) is 0.421. The van der Waals surface area contributed by atoms with Gasteiger partial charge in [0.15, 0.2) is 0 Å². The van der Waals surface area contributed by atoms with E-state index in [0.29, 0.717) is 5.92 Å². The first-order chi connectivity index (χ1) is 15.7. The van der Waals surface area contributed by atoms with Crippen molar-refractivity contribution in [2.24, 2.45) is 11.8 Å². The van der Waals surface area contributed by atoms with Crippen LogP contribution in [0.15, 0.2) is 60.7 Å². The smallest absolute Gasteiger partial charge is 0.0249 e. The van der Waals surface area contributed by atoms with Crippen LogP contribution in [0.25, 0.3) is 0 Å². The summed E-state index contributed by atoms with van der Waals surface area (Å²) in [6.07, 6.45) is 17.6. The second-order valence-corrected chi connectivity index (χ2v) is 10.1. The fourth-order valence-electron chi connectivity index (χ4n) is 5.72. The maximum Gasteiger partial charge on any atom is 0.0249 e. The van der Waals surface area contributed by atoms with Crippen LogP contribution in [0.1, 0.15) is 106 Å². The molecule has 0 amide bonds. The molecule has 0 nitrogen and oxygen atoms in total. The predicted octanol–water partition coefficient (Wildman–Crippen LogP) is 8.81. The molecule has 0 heteroatoms. The first kappa shape index (κ1) is 22.9. The maximum absolute atomic E-state index is 3.34. The minimum Gasteiger partial charge on any atom is -0.0730 e. The third-order valence-corrected chi connectivity index (χ3v) is 8.11. The molecule has 0 saturated heterocycles. The van der Waals surface area contributed by atoms with Crippen molar-refractivity contribution in [3.8, 4) is 11.8 Å². The number of allylic oxidation sites excluding steroid dienone is 2. The Kier molecular flexibility index (Phi) is 8.28. The lowest BCUT2D eigenvalue weighted by atomic mass is 9.78. The zero-order valence-electron chi connectivity index (χ0n) is 20.2. The van der Waals surface area contributed by atoms with E-state index in [9.17, 15) is 0 Å². The summed E-state index contributed by atoms with van der Waals surface area (Å²) >= 11 is 0. The Morgan fingerprint density at radius 2 is 1.28 bits per heavy atom.